The molecule has 3 aromatic rings. The number of amides is 1. The smallest absolute Gasteiger partial charge is 0.269 e. The lowest BCUT2D eigenvalue weighted by molar-refractivity contribution is 0.0943. The molecule has 0 unspecified atom stereocenters. The van der Waals surface area contributed by atoms with Crippen LogP contribution in [0, 0.1) is 0 Å². The van der Waals surface area contributed by atoms with E-state index >= 15 is 0 Å². The molecule has 0 radical (unpaired) electrons. The normalized spacial score (nSPS) is 11.6. The maximum atomic E-state index is 12.8. The van der Waals surface area contributed by atoms with Crippen LogP contribution in [0.3, 0.4) is 0 Å². The lowest BCUT2D eigenvalue weighted by atomic mass is 9.91. The van der Waals surface area contributed by atoms with Crippen LogP contribution in [0.25, 0.3) is 0 Å². The van der Waals surface area contributed by atoms with Crippen LogP contribution in [-0.2, 0) is 12.5 Å². The molecule has 2 aromatic carbocycles. The molecule has 0 aliphatic rings. The number of benzene rings is 2. The Balaban J connectivity index is 1.80. The number of hydrogen-bond acceptors (Lipinski definition) is 2. The molecule has 3 rings (SSSR count). The Kier molecular flexibility index (Phi) is 5.45. The van der Waals surface area contributed by atoms with Gasteiger partial charge >= 0.3 is 0 Å². The van der Waals surface area contributed by atoms with Crippen LogP contribution in [0.15, 0.2) is 66.7 Å². The molecule has 0 saturated carbocycles. The highest BCUT2D eigenvalue weighted by Gasteiger charge is 2.22. The molecular formula is C23H27N3O. The molecule has 1 amide bonds. The number of nitrogens with zero attached hydrogens (tertiary/aromatic N) is 2. The lowest BCUT2D eigenvalue weighted by Gasteiger charge is -2.19. The van der Waals surface area contributed by atoms with Crippen LogP contribution >= 0.6 is 0 Å². The number of carbonyl (C=O) groups excluding carboxylic acids is 1. The molecule has 140 valence electrons. The van der Waals surface area contributed by atoms with Gasteiger partial charge in [0.2, 0.25) is 0 Å². The van der Waals surface area contributed by atoms with Gasteiger partial charge in [-0.1, -0.05) is 81.4 Å². The van der Waals surface area contributed by atoms with Gasteiger partial charge in [-0.15, -0.1) is 0 Å². The first-order chi connectivity index (χ1) is 12.9. The molecule has 0 aliphatic carbocycles. The molecule has 27 heavy (non-hydrogen) atoms. The summed E-state index contributed by atoms with van der Waals surface area (Å²) in [6, 6.07) is 22.4. The molecule has 4 nitrogen and oxygen atoms in total. The van der Waals surface area contributed by atoms with Crippen LogP contribution in [0.1, 0.15) is 54.0 Å². The van der Waals surface area contributed by atoms with Gasteiger partial charge < -0.3 is 5.32 Å². The number of hydrogen-bond donors (Lipinski definition) is 1. The zero-order valence-corrected chi connectivity index (χ0v) is 16.4. The third-order valence-electron chi connectivity index (χ3n) is 4.75. The van der Waals surface area contributed by atoms with Gasteiger partial charge in [-0.25, -0.2) is 0 Å². The van der Waals surface area contributed by atoms with E-state index in [4.69, 9.17) is 0 Å². The standard InChI is InChI=1S/C23H27N3O/c1-23(2,3)21-15-20(26(4)25-21)22(27)24-16-19(17-11-7-5-8-12-17)18-13-9-6-10-14-18/h5-15,19H,16H2,1-4H3,(H,24,27). The van der Waals surface area contributed by atoms with Crippen molar-refractivity contribution in [3.05, 3.63) is 89.2 Å². The first-order valence-electron chi connectivity index (χ1n) is 9.29. The van der Waals surface area contributed by atoms with E-state index in [-0.39, 0.29) is 17.2 Å². The number of nitrogens with one attached hydrogen (secondary N) is 1. The summed E-state index contributed by atoms with van der Waals surface area (Å²) in [5.74, 6) is 0.00373. The van der Waals surface area contributed by atoms with Crippen LogP contribution in [0.5, 0.6) is 0 Å². The second-order valence-corrected chi connectivity index (χ2v) is 7.87. The predicted octanol–water partition coefficient (Wildman–Crippen LogP) is 4.28. The van der Waals surface area contributed by atoms with Crippen molar-refractivity contribution in [1.29, 1.82) is 0 Å². The van der Waals surface area contributed by atoms with E-state index in [1.165, 1.54) is 11.1 Å². The van der Waals surface area contributed by atoms with Gasteiger partial charge in [0.1, 0.15) is 5.69 Å². The zero-order valence-electron chi connectivity index (χ0n) is 16.4. The van der Waals surface area contributed by atoms with E-state index in [0.717, 1.165) is 5.69 Å². The van der Waals surface area contributed by atoms with Crippen LogP contribution in [0.4, 0.5) is 0 Å². The minimum absolute atomic E-state index is 0.0904. The fourth-order valence-electron chi connectivity index (χ4n) is 3.13. The summed E-state index contributed by atoms with van der Waals surface area (Å²) in [7, 11) is 1.82. The van der Waals surface area contributed by atoms with E-state index in [2.05, 4.69) is 55.5 Å². The summed E-state index contributed by atoms with van der Waals surface area (Å²) >= 11 is 0. The number of aryl methyl sites for hydroxylation is 1. The molecule has 4 heteroatoms. The lowest BCUT2D eigenvalue weighted by Crippen LogP contribution is -2.30. The van der Waals surface area contributed by atoms with Gasteiger partial charge in [-0.2, -0.15) is 5.10 Å². The average Bonchev–Trinajstić information content (AvgIpc) is 3.06. The molecule has 0 atom stereocenters. The van der Waals surface area contributed by atoms with Crippen molar-refractivity contribution in [2.24, 2.45) is 7.05 Å². The Labute approximate surface area is 161 Å². The zero-order chi connectivity index (χ0) is 19.4. The molecule has 0 fully saturated rings. The first kappa shape index (κ1) is 18.9. The summed E-state index contributed by atoms with van der Waals surface area (Å²) in [4.78, 5) is 12.8. The average molecular weight is 361 g/mol. The van der Waals surface area contributed by atoms with Gasteiger partial charge in [-0.3, -0.25) is 9.48 Å². The van der Waals surface area contributed by atoms with Crippen molar-refractivity contribution in [3.8, 4) is 0 Å². The maximum absolute atomic E-state index is 12.8. The number of aromatic nitrogens is 2. The van der Waals surface area contributed by atoms with E-state index in [1.54, 1.807) is 4.68 Å². The molecule has 1 aromatic heterocycles. The van der Waals surface area contributed by atoms with Crippen LogP contribution < -0.4 is 5.32 Å². The van der Waals surface area contributed by atoms with Crippen molar-refractivity contribution < 1.29 is 4.79 Å². The van der Waals surface area contributed by atoms with Gasteiger partial charge in [0.25, 0.3) is 5.91 Å². The molecule has 0 spiro atoms. The summed E-state index contributed by atoms with van der Waals surface area (Å²) in [5.41, 5.74) is 3.78. The van der Waals surface area contributed by atoms with Gasteiger partial charge in [0, 0.05) is 24.9 Å². The molecular weight excluding hydrogens is 334 g/mol. The minimum atomic E-state index is -0.0997. The van der Waals surface area contributed by atoms with E-state index < -0.39 is 0 Å². The minimum Gasteiger partial charge on any atom is -0.350 e. The summed E-state index contributed by atoms with van der Waals surface area (Å²) in [5, 5.41) is 7.60. The topological polar surface area (TPSA) is 46.9 Å². The highest BCUT2D eigenvalue weighted by Crippen LogP contribution is 2.24. The SMILES string of the molecule is Cn1nc(C(C)(C)C)cc1C(=O)NCC(c1ccccc1)c1ccccc1. The Morgan fingerprint density at radius 3 is 1.96 bits per heavy atom. The molecule has 1 heterocycles. The third-order valence-corrected chi connectivity index (χ3v) is 4.75. The number of carbonyl (C=O) groups is 1. The fourth-order valence-corrected chi connectivity index (χ4v) is 3.13. The van der Waals surface area contributed by atoms with Gasteiger partial charge in [-0.05, 0) is 17.2 Å². The largest absolute Gasteiger partial charge is 0.350 e. The van der Waals surface area contributed by atoms with Crippen LogP contribution in [-0.4, -0.2) is 22.2 Å². The van der Waals surface area contributed by atoms with Crippen molar-refractivity contribution in [3.63, 3.8) is 0 Å². The predicted molar refractivity (Wildman–Crippen MR) is 109 cm³/mol. The number of rotatable bonds is 5. The van der Waals surface area contributed by atoms with E-state index in [0.29, 0.717) is 12.2 Å². The summed E-state index contributed by atoms with van der Waals surface area (Å²) in [6.07, 6.45) is 0. The second kappa shape index (κ2) is 7.78. The van der Waals surface area contributed by atoms with Crippen molar-refractivity contribution in [1.82, 2.24) is 15.1 Å². The monoisotopic (exact) mass is 361 g/mol. The highest BCUT2D eigenvalue weighted by atomic mass is 16.2. The Bertz CT molecular complexity index is 853. The Morgan fingerprint density at radius 2 is 1.52 bits per heavy atom. The highest BCUT2D eigenvalue weighted by molar-refractivity contribution is 5.92. The van der Waals surface area contributed by atoms with E-state index in [9.17, 15) is 4.79 Å². The van der Waals surface area contributed by atoms with Crippen molar-refractivity contribution in [2.75, 3.05) is 6.54 Å². The maximum Gasteiger partial charge on any atom is 0.269 e. The van der Waals surface area contributed by atoms with Gasteiger partial charge in [0.05, 0.1) is 5.69 Å². The van der Waals surface area contributed by atoms with E-state index in [1.807, 2.05) is 49.5 Å². The molecule has 0 bridgehead atoms. The second-order valence-electron chi connectivity index (χ2n) is 7.87. The quantitative estimate of drug-likeness (QED) is 0.737. The molecule has 0 saturated heterocycles. The fraction of sp³-hybridized carbons (Fsp3) is 0.304. The third kappa shape index (κ3) is 4.45. The van der Waals surface area contributed by atoms with Gasteiger partial charge in [0.15, 0.2) is 0 Å². The Hall–Kier alpha value is -2.88. The van der Waals surface area contributed by atoms with Crippen molar-refractivity contribution >= 4 is 5.91 Å². The summed E-state index contributed by atoms with van der Waals surface area (Å²) < 4.78 is 1.66. The molecule has 1 N–H and O–H groups in total. The first-order valence-corrected chi connectivity index (χ1v) is 9.29. The van der Waals surface area contributed by atoms with Crippen LogP contribution in [0.2, 0.25) is 0 Å². The summed E-state index contributed by atoms with van der Waals surface area (Å²) in [6.45, 7) is 6.82. The Morgan fingerprint density at radius 1 is 1.00 bits per heavy atom. The van der Waals surface area contributed by atoms with Crippen molar-refractivity contribution in [2.45, 2.75) is 32.1 Å². The molecule has 0 aliphatic heterocycles.